The third-order valence-corrected chi connectivity index (χ3v) is 2.92. The largest absolute Gasteiger partial charge is 0.474 e. The molecule has 0 aliphatic heterocycles. The lowest BCUT2D eigenvalue weighted by Gasteiger charge is -2.13. The molecule has 0 bridgehead atoms. The topological polar surface area (TPSA) is 80.7 Å². The van der Waals surface area contributed by atoms with E-state index in [2.05, 4.69) is 10.1 Å². The molecule has 1 aliphatic rings. The highest BCUT2D eigenvalue weighted by atomic mass is 16.5. The molecule has 0 atom stereocenters. The molecule has 1 saturated carbocycles. The second kappa shape index (κ2) is 5.03. The van der Waals surface area contributed by atoms with E-state index in [0.717, 1.165) is 18.5 Å². The fourth-order valence-electron chi connectivity index (χ4n) is 2.08. The Balaban J connectivity index is 2.18. The number of amidine groups is 1. The van der Waals surface area contributed by atoms with Crippen molar-refractivity contribution >= 4 is 5.84 Å². The Labute approximate surface area is 100 Å². The van der Waals surface area contributed by atoms with Crippen LogP contribution in [0, 0.1) is 6.92 Å². The van der Waals surface area contributed by atoms with Crippen molar-refractivity contribution in [3.63, 3.8) is 0 Å². The summed E-state index contributed by atoms with van der Waals surface area (Å²) in [5.74, 6) is 0.630. The van der Waals surface area contributed by atoms with Crippen LogP contribution in [0.1, 0.15) is 36.9 Å². The Kier molecular flexibility index (Phi) is 3.46. The fourth-order valence-corrected chi connectivity index (χ4v) is 2.08. The second-order valence-corrected chi connectivity index (χ2v) is 4.34. The Bertz CT molecular complexity index is 426. The summed E-state index contributed by atoms with van der Waals surface area (Å²) in [6.45, 7) is 1.86. The second-order valence-electron chi connectivity index (χ2n) is 4.34. The normalized spacial score (nSPS) is 17.4. The van der Waals surface area contributed by atoms with Crippen LogP contribution in [0.25, 0.3) is 0 Å². The molecule has 1 aliphatic carbocycles. The molecular formula is C12H17N3O2. The summed E-state index contributed by atoms with van der Waals surface area (Å²) in [7, 11) is 0. The number of hydrogen-bond acceptors (Lipinski definition) is 4. The zero-order valence-electron chi connectivity index (χ0n) is 9.89. The summed E-state index contributed by atoms with van der Waals surface area (Å²) < 4.78 is 5.79. The molecule has 1 fully saturated rings. The van der Waals surface area contributed by atoms with Gasteiger partial charge in [0.15, 0.2) is 5.84 Å². The highest BCUT2D eigenvalue weighted by Gasteiger charge is 2.17. The van der Waals surface area contributed by atoms with E-state index >= 15 is 0 Å². The van der Waals surface area contributed by atoms with Gasteiger partial charge in [-0.15, -0.1) is 0 Å². The van der Waals surface area contributed by atoms with E-state index in [0.29, 0.717) is 11.4 Å². The van der Waals surface area contributed by atoms with E-state index in [1.165, 1.54) is 12.8 Å². The number of aromatic nitrogens is 1. The quantitative estimate of drug-likeness (QED) is 0.362. The summed E-state index contributed by atoms with van der Waals surface area (Å²) >= 11 is 0. The Morgan fingerprint density at radius 2 is 2.18 bits per heavy atom. The van der Waals surface area contributed by atoms with Gasteiger partial charge in [0.05, 0.1) is 0 Å². The predicted octanol–water partition coefficient (Wildman–Crippen LogP) is 1.81. The first-order chi connectivity index (χ1) is 8.19. The molecule has 0 saturated heterocycles. The molecule has 0 spiro atoms. The minimum absolute atomic E-state index is 0.0757. The SMILES string of the molecule is Cc1cc(/C(N)=N/O)cc(OC2CCCC2)n1. The van der Waals surface area contributed by atoms with Crippen molar-refractivity contribution < 1.29 is 9.94 Å². The first-order valence-electron chi connectivity index (χ1n) is 5.82. The zero-order chi connectivity index (χ0) is 12.3. The van der Waals surface area contributed by atoms with E-state index in [-0.39, 0.29) is 11.9 Å². The zero-order valence-corrected chi connectivity index (χ0v) is 9.89. The summed E-state index contributed by atoms with van der Waals surface area (Å²) in [6, 6.07) is 3.47. The number of nitrogens with two attached hydrogens (primary N) is 1. The molecule has 0 unspecified atom stereocenters. The summed E-state index contributed by atoms with van der Waals surface area (Å²) in [6.07, 6.45) is 4.83. The lowest BCUT2D eigenvalue weighted by molar-refractivity contribution is 0.201. The van der Waals surface area contributed by atoms with Crippen LogP contribution >= 0.6 is 0 Å². The fraction of sp³-hybridized carbons (Fsp3) is 0.500. The van der Waals surface area contributed by atoms with Crippen LogP contribution in [0.5, 0.6) is 5.88 Å². The van der Waals surface area contributed by atoms with E-state index in [1.807, 2.05) is 6.92 Å². The van der Waals surface area contributed by atoms with Crippen molar-refractivity contribution in [2.75, 3.05) is 0 Å². The van der Waals surface area contributed by atoms with Crippen molar-refractivity contribution in [2.24, 2.45) is 10.9 Å². The third-order valence-electron chi connectivity index (χ3n) is 2.92. The first kappa shape index (κ1) is 11.7. The summed E-state index contributed by atoms with van der Waals surface area (Å²) in [5.41, 5.74) is 6.98. The summed E-state index contributed by atoms with van der Waals surface area (Å²) in [4.78, 5) is 4.30. The van der Waals surface area contributed by atoms with E-state index in [1.54, 1.807) is 12.1 Å². The van der Waals surface area contributed by atoms with E-state index < -0.39 is 0 Å². The molecule has 2 rings (SSSR count). The van der Waals surface area contributed by atoms with Crippen LogP contribution < -0.4 is 10.5 Å². The lowest BCUT2D eigenvalue weighted by Crippen LogP contribution is -2.16. The van der Waals surface area contributed by atoms with E-state index in [9.17, 15) is 0 Å². The molecule has 1 heterocycles. The van der Waals surface area contributed by atoms with Crippen LogP contribution in [0.4, 0.5) is 0 Å². The molecule has 17 heavy (non-hydrogen) atoms. The van der Waals surface area contributed by atoms with Gasteiger partial charge in [0.25, 0.3) is 0 Å². The molecule has 92 valence electrons. The number of rotatable bonds is 3. The standard InChI is InChI=1S/C12H17N3O2/c1-8-6-9(12(13)15-16)7-11(14-8)17-10-4-2-3-5-10/h6-7,10,16H,2-5H2,1H3,(H2,13,15). The number of ether oxygens (including phenoxy) is 1. The highest BCUT2D eigenvalue weighted by Crippen LogP contribution is 2.23. The van der Waals surface area contributed by atoms with Gasteiger partial charge in [-0.2, -0.15) is 0 Å². The average molecular weight is 235 g/mol. The first-order valence-corrected chi connectivity index (χ1v) is 5.82. The van der Waals surface area contributed by atoms with Gasteiger partial charge in [-0.3, -0.25) is 0 Å². The van der Waals surface area contributed by atoms with E-state index in [4.69, 9.17) is 15.7 Å². The van der Waals surface area contributed by atoms with Crippen LogP contribution in [-0.2, 0) is 0 Å². The molecule has 0 amide bonds. The molecule has 5 heteroatoms. The molecule has 1 aromatic rings. The summed E-state index contributed by atoms with van der Waals surface area (Å²) in [5, 5.41) is 11.6. The number of pyridine rings is 1. The molecule has 1 aromatic heterocycles. The van der Waals surface area contributed by atoms with Crippen molar-refractivity contribution in [3.8, 4) is 5.88 Å². The molecular weight excluding hydrogens is 218 g/mol. The average Bonchev–Trinajstić information content (AvgIpc) is 2.80. The maximum Gasteiger partial charge on any atom is 0.214 e. The number of nitrogens with zero attached hydrogens (tertiary/aromatic N) is 2. The Hall–Kier alpha value is -1.78. The smallest absolute Gasteiger partial charge is 0.214 e. The van der Waals surface area contributed by atoms with Gasteiger partial charge in [0, 0.05) is 17.3 Å². The van der Waals surface area contributed by atoms with Gasteiger partial charge in [-0.1, -0.05) is 5.16 Å². The van der Waals surface area contributed by atoms with Crippen LogP contribution in [0.2, 0.25) is 0 Å². The van der Waals surface area contributed by atoms with Crippen molar-refractivity contribution in [1.82, 2.24) is 4.98 Å². The minimum Gasteiger partial charge on any atom is -0.474 e. The highest BCUT2D eigenvalue weighted by molar-refractivity contribution is 5.97. The Morgan fingerprint density at radius 3 is 2.82 bits per heavy atom. The van der Waals surface area contributed by atoms with Crippen molar-refractivity contribution in [2.45, 2.75) is 38.7 Å². The predicted molar refractivity (Wildman–Crippen MR) is 64.4 cm³/mol. The minimum atomic E-state index is 0.0757. The lowest BCUT2D eigenvalue weighted by atomic mass is 10.2. The van der Waals surface area contributed by atoms with Crippen LogP contribution in [0.15, 0.2) is 17.3 Å². The monoisotopic (exact) mass is 235 g/mol. The van der Waals surface area contributed by atoms with Crippen LogP contribution in [0.3, 0.4) is 0 Å². The molecule has 5 nitrogen and oxygen atoms in total. The maximum atomic E-state index is 8.66. The van der Waals surface area contributed by atoms with Gasteiger partial charge < -0.3 is 15.7 Å². The Morgan fingerprint density at radius 1 is 1.47 bits per heavy atom. The number of oxime groups is 1. The van der Waals surface area contributed by atoms with Gasteiger partial charge >= 0.3 is 0 Å². The molecule has 0 aromatic carbocycles. The maximum absolute atomic E-state index is 8.66. The van der Waals surface area contributed by atoms with Crippen molar-refractivity contribution in [1.29, 1.82) is 0 Å². The van der Waals surface area contributed by atoms with Crippen LogP contribution in [-0.4, -0.2) is 22.1 Å². The van der Waals surface area contributed by atoms with Crippen molar-refractivity contribution in [3.05, 3.63) is 23.4 Å². The third kappa shape index (κ3) is 2.87. The van der Waals surface area contributed by atoms with Gasteiger partial charge in [-0.25, -0.2) is 4.98 Å². The number of aryl methyl sites for hydroxylation is 1. The molecule has 0 radical (unpaired) electrons. The van der Waals surface area contributed by atoms with Gasteiger partial charge in [0.1, 0.15) is 6.10 Å². The van der Waals surface area contributed by atoms with Gasteiger partial charge in [0.2, 0.25) is 5.88 Å². The molecule has 3 N–H and O–H groups in total. The van der Waals surface area contributed by atoms with Gasteiger partial charge in [-0.05, 0) is 38.7 Å². The number of hydrogen-bond donors (Lipinski definition) is 2.